The van der Waals surface area contributed by atoms with E-state index in [1.54, 1.807) is 11.8 Å². The number of thioether (sulfide) groups is 1. The first-order valence-electron chi connectivity index (χ1n) is 3.17. The van der Waals surface area contributed by atoms with Crippen LogP contribution in [0.25, 0.3) is 0 Å². The lowest BCUT2D eigenvalue weighted by atomic mass is 10.2. The molecule has 10 heavy (non-hydrogen) atoms. The third-order valence-electron chi connectivity index (χ3n) is 1.35. The van der Waals surface area contributed by atoms with Crippen LogP contribution in [-0.2, 0) is 0 Å². The summed E-state index contributed by atoms with van der Waals surface area (Å²) in [5, 5.41) is 8.53. The van der Waals surface area contributed by atoms with Crippen molar-refractivity contribution in [3.05, 3.63) is 0 Å². The molecule has 1 aliphatic heterocycles. The highest BCUT2D eigenvalue weighted by Crippen LogP contribution is 2.26. The van der Waals surface area contributed by atoms with E-state index in [1.807, 2.05) is 6.11 Å². The molecule has 0 aromatic rings. The van der Waals surface area contributed by atoms with E-state index in [-0.39, 0.29) is 5.25 Å². The van der Waals surface area contributed by atoms with E-state index < -0.39 is 0 Å². The van der Waals surface area contributed by atoms with E-state index in [4.69, 9.17) is 17.3 Å². The molecule has 3 heteroatoms. The van der Waals surface area contributed by atoms with Gasteiger partial charge >= 0.3 is 0 Å². The zero-order valence-corrected chi connectivity index (χ0v) is 7.10. The summed E-state index contributed by atoms with van der Waals surface area (Å²) in [5.41, 5.74) is 0. The van der Waals surface area contributed by atoms with Gasteiger partial charge in [0, 0.05) is 4.20 Å². The molecule has 0 radical (unpaired) electrons. The minimum atomic E-state index is 0.242. The molecule has 1 aliphatic rings. The monoisotopic (exact) mass is 172 g/mol. The summed E-state index contributed by atoms with van der Waals surface area (Å²) in [4.78, 5) is 0. The van der Waals surface area contributed by atoms with Crippen molar-refractivity contribution >= 4 is 28.2 Å². The van der Waals surface area contributed by atoms with Crippen molar-refractivity contribution in [2.24, 2.45) is 0 Å². The van der Waals surface area contributed by atoms with Gasteiger partial charge in [-0.1, -0.05) is 12.2 Å². The molecular formula is C7H8OS2. The second-order valence-electron chi connectivity index (χ2n) is 2.13. The minimum absolute atomic E-state index is 0.242. The fourth-order valence-corrected chi connectivity index (χ4v) is 2.35. The van der Waals surface area contributed by atoms with Crippen molar-refractivity contribution < 1.29 is 5.11 Å². The lowest BCUT2D eigenvalue weighted by molar-refractivity contribution is 0.516. The molecule has 0 spiro atoms. The first-order valence-corrected chi connectivity index (χ1v) is 4.46. The fourth-order valence-electron chi connectivity index (χ4n) is 0.882. The molecule has 0 aliphatic carbocycles. The standard InChI is InChI=1S/C7H8OS2/c8-5-4-6-2-1-3-7(9)10-6/h6,8H,1-3H2. The minimum Gasteiger partial charge on any atom is -0.462 e. The number of aliphatic hydroxyl groups is 1. The lowest BCUT2D eigenvalue weighted by Gasteiger charge is -2.15. The third-order valence-corrected chi connectivity index (χ3v) is 2.94. The van der Waals surface area contributed by atoms with E-state index in [9.17, 15) is 0 Å². The molecule has 1 atom stereocenters. The van der Waals surface area contributed by atoms with Gasteiger partial charge in [-0.2, -0.15) is 0 Å². The Morgan fingerprint density at radius 2 is 2.50 bits per heavy atom. The Labute approximate surface area is 70.2 Å². The maximum atomic E-state index is 8.29. The summed E-state index contributed by atoms with van der Waals surface area (Å²) >= 11 is 6.62. The molecule has 54 valence electrons. The SMILES string of the molecule is OC#CC1CCCC(=S)S1. The van der Waals surface area contributed by atoms with Gasteiger partial charge in [0.2, 0.25) is 0 Å². The maximum Gasteiger partial charge on any atom is 0.108 e. The average molecular weight is 172 g/mol. The van der Waals surface area contributed by atoms with Crippen LogP contribution in [0.5, 0.6) is 0 Å². The molecule has 1 saturated heterocycles. The van der Waals surface area contributed by atoms with Crippen LogP contribution >= 0.6 is 24.0 Å². The summed E-state index contributed by atoms with van der Waals surface area (Å²) in [5.74, 6) is 2.70. The van der Waals surface area contributed by atoms with Crippen molar-refractivity contribution in [1.82, 2.24) is 0 Å². The van der Waals surface area contributed by atoms with E-state index in [1.165, 1.54) is 0 Å². The molecule has 1 unspecified atom stereocenters. The van der Waals surface area contributed by atoms with Crippen LogP contribution in [0.1, 0.15) is 19.3 Å². The predicted octanol–water partition coefficient (Wildman–Crippen LogP) is 1.93. The Bertz CT molecular complexity index is 190. The quantitative estimate of drug-likeness (QED) is 0.445. The molecule has 1 fully saturated rings. The van der Waals surface area contributed by atoms with Crippen molar-refractivity contribution in [3.8, 4) is 12.0 Å². The molecule has 1 rings (SSSR count). The topological polar surface area (TPSA) is 20.2 Å². The van der Waals surface area contributed by atoms with Gasteiger partial charge in [-0.3, -0.25) is 0 Å². The molecule has 1 N–H and O–H groups in total. The van der Waals surface area contributed by atoms with Gasteiger partial charge in [-0.05, 0) is 25.2 Å². The zero-order valence-electron chi connectivity index (χ0n) is 5.46. The number of rotatable bonds is 0. The second-order valence-corrected chi connectivity index (χ2v) is 4.18. The van der Waals surface area contributed by atoms with Crippen molar-refractivity contribution in [2.75, 3.05) is 0 Å². The predicted molar refractivity (Wildman–Crippen MR) is 47.5 cm³/mol. The highest BCUT2D eigenvalue weighted by atomic mass is 32.2. The Morgan fingerprint density at radius 3 is 3.10 bits per heavy atom. The maximum absolute atomic E-state index is 8.29. The van der Waals surface area contributed by atoms with Gasteiger partial charge < -0.3 is 5.11 Å². The van der Waals surface area contributed by atoms with Gasteiger partial charge in [0.15, 0.2) is 0 Å². The number of thiocarbonyl (C=S) groups is 1. The van der Waals surface area contributed by atoms with Gasteiger partial charge in [0.1, 0.15) is 6.11 Å². The van der Waals surface area contributed by atoms with E-state index in [2.05, 4.69) is 5.92 Å². The third kappa shape index (κ3) is 2.20. The van der Waals surface area contributed by atoms with Crippen LogP contribution in [0.3, 0.4) is 0 Å². The van der Waals surface area contributed by atoms with Crippen LogP contribution in [0.4, 0.5) is 0 Å². The lowest BCUT2D eigenvalue weighted by Crippen LogP contribution is -2.09. The fraction of sp³-hybridized carbons (Fsp3) is 0.571. The number of hydrogen-bond donors (Lipinski definition) is 1. The zero-order chi connectivity index (χ0) is 7.40. The summed E-state index contributed by atoms with van der Waals surface area (Å²) in [6.45, 7) is 0. The number of aliphatic hydroxyl groups excluding tert-OH is 1. The summed E-state index contributed by atoms with van der Waals surface area (Å²) in [6.07, 6.45) is 5.13. The van der Waals surface area contributed by atoms with E-state index >= 15 is 0 Å². The first-order chi connectivity index (χ1) is 4.83. The smallest absolute Gasteiger partial charge is 0.108 e. The van der Waals surface area contributed by atoms with Gasteiger partial charge in [0.25, 0.3) is 0 Å². The normalized spacial score (nSPS) is 25.2. The Kier molecular flexibility index (Phi) is 3.04. The molecule has 0 bridgehead atoms. The Morgan fingerprint density at radius 1 is 1.70 bits per heavy atom. The number of hydrogen-bond acceptors (Lipinski definition) is 3. The van der Waals surface area contributed by atoms with Gasteiger partial charge in [0.05, 0.1) is 5.25 Å². The van der Waals surface area contributed by atoms with Crippen LogP contribution in [0, 0.1) is 12.0 Å². The van der Waals surface area contributed by atoms with Crippen LogP contribution in [0.2, 0.25) is 0 Å². The largest absolute Gasteiger partial charge is 0.462 e. The van der Waals surface area contributed by atoms with Crippen LogP contribution < -0.4 is 0 Å². The Hall–Kier alpha value is -0.200. The first kappa shape index (κ1) is 7.90. The highest BCUT2D eigenvalue weighted by molar-refractivity contribution is 8.23. The van der Waals surface area contributed by atoms with Crippen molar-refractivity contribution in [3.63, 3.8) is 0 Å². The van der Waals surface area contributed by atoms with E-state index in [0.29, 0.717) is 0 Å². The summed E-state index contributed by atoms with van der Waals surface area (Å²) in [7, 11) is 0. The van der Waals surface area contributed by atoms with Crippen LogP contribution in [-0.4, -0.2) is 14.6 Å². The second kappa shape index (κ2) is 3.85. The molecule has 0 aromatic carbocycles. The summed E-state index contributed by atoms with van der Waals surface area (Å²) in [6, 6.07) is 0. The molecule has 1 heterocycles. The molecule has 0 aromatic heterocycles. The molecule has 1 nitrogen and oxygen atoms in total. The average Bonchev–Trinajstić information content (AvgIpc) is 1.88. The molecular weight excluding hydrogens is 164 g/mol. The van der Waals surface area contributed by atoms with Crippen LogP contribution in [0.15, 0.2) is 0 Å². The van der Waals surface area contributed by atoms with Gasteiger partial charge in [-0.25, -0.2) is 0 Å². The molecule has 0 amide bonds. The summed E-state index contributed by atoms with van der Waals surface area (Å²) < 4.78 is 1.03. The van der Waals surface area contributed by atoms with Crippen molar-refractivity contribution in [1.29, 1.82) is 0 Å². The molecule has 0 saturated carbocycles. The Balaban J connectivity index is 2.44. The highest BCUT2D eigenvalue weighted by Gasteiger charge is 2.14. The van der Waals surface area contributed by atoms with E-state index in [0.717, 1.165) is 23.5 Å². The van der Waals surface area contributed by atoms with Crippen molar-refractivity contribution in [2.45, 2.75) is 24.5 Å². The van der Waals surface area contributed by atoms with Gasteiger partial charge in [-0.15, -0.1) is 11.8 Å².